The Bertz CT molecular complexity index is 733. The fourth-order valence-electron chi connectivity index (χ4n) is 3.27. The van der Waals surface area contributed by atoms with Crippen molar-refractivity contribution in [2.75, 3.05) is 19.8 Å². The quantitative estimate of drug-likeness (QED) is 0.372. The third-order valence-electron chi connectivity index (χ3n) is 5.48. The summed E-state index contributed by atoms with van der Waals surface area (Å²) in [6, 6.07) is 18.1. The van der Waals surface area contributed by atoms with E-state index < -0.39 is 13.6 Å². The van der Waals surface area contributed by atoms with Gasteiger partial charge in [0.2, 0.25) is 0 Å². The first-order valence-corrected chi connectivity index (χ1v) is 13.3. The zero-order valence-corrected chi connectivity index (χ0v) is 19.7. The van der Waals surface area contributed by atoms with Gasteiger partial charge in [-0.3, -0.25) is 0 Å². The molecule has 4 nitrogen and oxygen atoms in total. The number of halogens is 1. The van der Waals surface area contributed by atoms with Gasteiger partial charge in [0.15, 0.2) is 0 Å². The van der Waals surface area contributed by atoms with Crippen molar-refractivity contribution in [3.05, 3.63) is 59.7 Å². The van der Waals surface area contributed by atoms with E-state index in [0.29, 0.717) is 12.8 Å². The van der Waals surface area contributed by atoms with Crippen LogP contribution in [0.15, 0.2) is 48.5 Å². The van der Waals surface area contributed by atoms with E-state index in [1.165, 1.54) is 16.8 Å². The number of benzene rings is 2. The zero-order valence-electron chi connectivity index (χ0n) is 17.9. The Labute approximate surface area is 182 Å². The Morgan fingerprint density at radius 2 is 1.69 bits per heavy atom. The van der Waals surface area contributed by atoms with Crippen LogP contribution < -0.4 is 15.7 Å². The Morgan fingerprint density at radius 3 is 2.28 bits per heavy atom. The minimum Gasteiger partial charge on any atom is -0.494 e. The Kier molecular flexibility index (Phi) is 10.4. The number of aryl methyl sites for hydroxylation is 2. The van der Waals surface area contributed by atoms with Crippen molar-refractivity contribution in [1.82, 2.24) is 0 Å². The average molecular weight is 438 g/mol. The van der Waals surface area contributed by atoms with Crippen LogP contribution in [0.3, 0.4) is 0 Å². The minimum absolute atomic E-state index is 0. The minimum atomic E-state index is -1.43. The molecule has 2 rings (SSSR count). The molecule has 0 spiro atoms. The second kappa shape index (κ2) is 11.7. The van der Waals surface area contributed by atoms with Crippen LogP contribution in [0.2, 0.25) is 19.1 Å². The highest BCUT2D eigenvalue weighted by atomic mass is 35.5. The van der Waals surface area contributed by atoms with Crippen LogP contribution in [-0.4, -0.2) is 43.6 Å². The lowest BCUT2D eigenvalue weighted by Crippen LogP contribution is -2.47. The summed E-state index contributed by atoms with van der Waals surface area (Å²) >= 11 is 0. The maximum absolute atomic E-state index is 9.27. The van der Waals surface area contributed by atoms with E-state index in [4.69, 9.17) is 10.5 Å². The highest BCUT2D eigenvalue weighted by Crippen LogP contribution is 2.18. The molecular formula is C23H36ClNO3Si. The number of hydrogen-bond acceptors (Lipinski definition) is 4. The SMILES string of the molecule is Cc1cccc([Si](C)(C)CCCOc2ccc(CCC(N)(CO)CO)cc2)c1.Cl. The summed E-state index contributed by atoms with van der Waals surface area (Å²) in [6.45, 7) is 7.30. The fourth-order valence-corrected chi connectivity index (χ4v) is 5.75. The Morgan fingerprint density at radius 1 is 1.03 bits per heavy atom. The molecule has 4 N–H and O–H groups in total. The highest BCUT2D eigenvalue weighted by Gasteiger charge is 2.23. The second-order valence-electron chi connectivity index (χ2n) is 8.53. The van der Waals surface area contributed by atoms with Crippen LogP contribution in [0.4, 0.5) is 0 Å². The Balaban J connectivity index is 0.00000420. The van der Waals surface area contributed by atoms with E-state index in [0.717, 1.165) is 24.3 Å². The monoisotopic (exact) mass is 437 g/mol. The third-order valence-corrected chi connectivity index (χ3v) is 8.96. The summed E-state index contributed by atoms with van der Waals surface area (Å²) in [7, 11) is -1.43. The van der Waals surface area contributed by atoms with E-state index >= 15 is 0 Å². The molecule has 0 saturated heterocycles. The molecular weight excluding hydrogens is 402 g/mol. The predicted molar refractivity (Wildman–Crippen MR) is 126 cm³/mol. The third kappa shape index (κ3) is 8.11. The largest absolute Gasteiger partial charge is 0.494 e. The van der Waals surface area contributed by atoms with Crippen molar-refractivity contribution in [1.29, 1.82) is 0 Å². The molecule has 0 aromatic heterocycles. The smallest absolute Gasteiger partial charge is 0.119 e. The van der Waals surface area contributed by atoms with Gasteiger partial charge in [-0.15, -0.1) is 12.4 Å². The van der Waals surface area contributed by atoms with Gasteiger partial charge in [-0.2, -0.15) is 0 Å². The molecule has 0 radical (unpaired) electrons. The van der Waals surface area contributed by atoms with Gasteiger partial charge in [-0.1, -0.05) is 66.3 Å². The van der Waals surface area contributed by atoms with Gasteiger partial charge in [0, 0.05) is 0 Å². The Hall–Kier alpha value is -1.37. The van der Waals surface area contributed by atoms with E-state index in [1.54, 1.807) is 0 Å². The van der Waals surface area contributed by atoms with Gasteiger partial charge in [0.25, 0.3) is 0 Å². The highest BCUT2D eigenvalue weighted by molar-refractivity contribution is 6.89. The molecule has 0 unspecified atom stereocenters. The number of ether oxygens (including phenoxy) is 1. The number of rotatable bonds is 11. The summed E-state index contributed by atoms with van der Waals surface area (Å²) in [5.74, 6) is 0.877. The maximum Gasteiger partial charge on any atom is 0.119 e. The molecule has 2 aromatic carbocycles. The van der Waals surface area contributed by atoms with Crippen molar-refractivity contribution < 1.29 is 14.9 Å². The molecule has 0 amide bonds. The molecule has 6 heteroatoms. The molecule has 162 valence electrons. The zero-order chi connectivity index (χ0) is 20.6. The van der Waals surface area contributed by atoms with Crippen LogP contribution in [0.1, 0.15) is 24.0 Å². The lowest BCUT2D eigenvalue weighted by Gasteiger charge is -2.24. The standard InChI is InChI=1S/C23H35NO3Si.ClH/c1-19-6-4-7-22(16-19)28(2,3)15-5-14-27-21-10-8-20(9-11-21)12-13-23(24,17-25)18-26;/h4,6-11,16,25-26H,5,12-15,17-18,24H2,1-3H3;1H. The van der Waals surface area contributed by atoms with E-state index in [-0.39, 0.29) is 25.6 Å². The average Bonchev–Trinajstić information content (AvgIpc) is 2.70. The van der Waals surface area contributed by atoms with Gasteiger partial charge in [0.1, 0.15) is 5.75 Å². The second-order valence-corrected chi connectivity index (χ2v) is 13.4. The van der Waals surface area contributed by atoms with Crippen molar-refractivity contribution in [2.24, 2.45) is 5.73 Å². The summed E-state index contributed by atoms with van der Waals surface area (Å²) in [5.41, 5.74) is 7.46. The molecule has 0 heterocycles. The molecule has 0 saturated carbocycles. The maximum atomic E-state index is 9.27. The topological polar surface area (TPSA) is 75.7 Å². The van der Waals surface area contributed by atoms with Crippen LogP contribution in [-0.2, 0) is 6.42 Å². The van der Waals surface area contributed by atoms with Gasteiger partial charge in [0.05, 0.1) is 33.4 Å². The molecule has 0 aliphatic carbocycles. The van der Waals surface area contributed by atoms with Crippen LogP contribution in [0, 0.1) is 6.92 Å². The molecule has 0 fully saturated rings. The summed E-state index contributed by atoms with van der Waals surface area (Å²) in [4.78, 5) is 0. The first-order chi connectivity index (χ1) is 13.3. The van der Waals surface area contributed by atoms with E-state index in [2.05, 4.69) is 44.3 Å². The molecule has 29 heavy (non-hydrogen) atoms. The number of aliphatic hydroxyl groups excluding tert-OH is 2. The van der Waals surface area contributed by atoms with E-state index in [1.807, 2.05) is 24.3 Å². The first kappa shape index (κ1) is 25.7. The summed E-state index contributed by atoms with van der Waals surface area (Å²) in [6.07, 6.45) is 2.31. The van der Waals surface area contributed by atoms with Gasteiger partial charge in [-0.05, 0) is 43.9 Å². The molecule has 0 aliphatic rings. The first-order valence-electron chi connectivity index (χ1n) is 10.1. The lowest BCUT2D eigenvalue weighted by molar-refractivity contribution is 0.115. The van der Waals surface area contributed by atoms with Crippen molar-refractivity contribution in [3.8, 4) is 5.75 Å². The fraction of sp³-hybridized carbons (Fsp3) is 0.478. The predicted octanol–water partition coefficient (Wildman–Crippen LogP) is 3.42. The normalized spacial score (nSPS) is 11.8. The van der Waals surface area contributed by atoms with E-state index in [9.17, 15) is 10.2 Å². The summed E-state index contributed by atoms with van der Waals surface area (Å²) in [5, 5.41) is 20.1. The van der Waals surface area contributed by atoms with Crippen molar-refractivity contribution >= 4 is 25.7 Å². The molecule has 0 atom stereocenters. The van der Waals surface area contributed by atoms with Crippen LogP contribution >= 0.6 is 12.4 Å². The van der Waals surface area contributed by atoms with Crippen molar-refractivity contribution in [2.45, 2.75) is 50.9 Å². The van der Waals surface area contributed by atoms with Gasteiger partial charge < -0.3 is 20.7 Å². The van der Waals surface area contributed by atoms with Crippen LogP contribution in [0.25, 0.3) is 0 Å². The van der Waals surface area contributed by atoms with Gasteiger partial charge >= 0.3 is 0 Å². The lowest BCUT2D eigenvalue weighted by atomic mass is 9.94. The molecule has 0 bridgehead atoms. The van der Waals surface area contributed by atoms with Crippen molar-refractivity contribution in [3.63, 3.8) is 0 Å². The number of hydrogen-bond donors (Lipinski definition) is 3. The van der Waals surface area contributed by atoms with Gasteiger partial charge in [-0.25, -0.2) is 0 Å². The molecule has 2 aromatic rings. The summed E-state index contributed by atoms with van der Waals surface area (Å²) < 4.78 is 5.92. The molecule has 0 aliphatic heterocycles. The number of aliphatic hydroxyl groups is 2. The number of nitrogens with two attached hydrogens (primary N) is 1. The van der Waals surface area contributed by atoms with Crippen LogP contribution in [0.5, 0.6) is 5.75 Å².